The molecule has 1 aliphatic rings. The van der Waals surface area contributed by atoms with Gasteiger partial charge in [-0.2, -0.15) is 8.78 Å². The summed E-state index contributed by atoms with van der Waals surface area (Å²) in [5.41, 5.74) is 8.06. The van der Waals surface area contributed by atoms with E-state index in [4.69, 9.17) is 22.1 Å². The van der Waals surface area contributed by atoms with Crippen molar-refractivity contribution in [1.29, 1.82) is 0 Å². The number of ether oxygens (including phenoxy) is 2. The average Bonchev–Trinajstić information content (AvgIpc) is 3.00. The Bertz CT molecular complexity index is 1050. The molecule has 140 valence electrons. The number of nitrogens with zero attached hydrogens (tertiary/aromatic N) is 3. The molecule has 2 aromatic carbocycles. The summed E-state index contributed by atoms with van der Waals surface area (Å²) in [6, 6.07) is 10.5. The molecule has 27 heavy (non-hydrogen) atoms. The summed E-state index contributed by atoms with van der Waals surface area (Å²) in [4.78, 5) is 8.93. The number of imidazole rings is 1. The number of hydrogen-bond donors (Lipinski definition) is 2. The normalized spacial score (nSPS) is 16.0. The average molecular weight is 394 g/mol. The second-order valence-electron chi connectivity index (χ2n) is 5.72. The highest BCUT2D eigenvalue weighted by Gasteiger charge is 2.27. The second kappa shape index (κ2) is 6.58. The Morgan fingerprint density at radius 3 is 2.81 bits per heavy atom. The van der Waals surface area contributed by atoms with Crippen molar-refractivity contribution in [2.24, 2.45) is 10.7 Å². The van der Waals surface area contributed by atoms with Crippen molar-refractivity contribution >= 4 is 34.5 Å². The predicted octanol–water partition coefficient (Wildman–Crippen LogP) is 3.59. The molecule has 10 heteroatoms. The Morgan fingerprint density at radius 2 is 2.07 bits per heavy atom. The van der Waals surface area contributed by atoms with E-state index >= 15 is 0 Å². The minimum atomic E-state index is -3.03. The number of benzene rings is 2. The number of fused-ring (bicyclic) bond motifs is 3. The zero-order valence-corrected chi connectivity index (χ0v) is 14.7. The zero-order chi connectivity index (χ0) is 19.1. The highest BCUT2D eigenvalue weighted by atomic mass is 35.5. The van der Waals surface area contributed by atoms with Gasteiger partial charge in [-0.15, -0.1) is 0 Å². The highest BCUT2D eigenvalue weighted by Crippen LogP contribution is 2.41. The third-order valence-electron chi connectivity index (χ3n) is 4.10. The first-order valence-electron chi connectivity index (χ1n) is 7.87. The van der Waals surface area contributed by atoms with E-state index in [1.165, 1.54) is 19.2 Å². The fraction of sp³-hybridized carbons (Fsp3) is 0.176. The van der Waals surface area contributed by atoms with Gasteiger partial charge >= 0.3 is 6.61 Å². The molecule has 0 fully saturated rings. The number of anilines is 1. The number of halogens is 3. The van der Waals surface area contributed by atoms with Crippen molar-refractivity contribution in [2.45, 2.75) is 12.8 Å². The standard InChI is InChI=1S/C17H14ClF2N5O2/c1-26-12-7-8(6-9(18)13(12)27-15(19)20)14-23-16(21)24-17-22-10-4-2-3-5-11(10)25(14)17/h2-7,14-15H,1H3,(H3,21,22,23,24). The van der Waals surface area contributed by atoms with Crippen LogP contribution in [0, 0.1) is 0 Å². The fourth-order valence-corrected chi connectivity index (χ4v) is 3.30. The highest BCUT2D eigenvalue weighted by molar-refractivity contribution is 6.32. The van der Waals surface area contributed by atoms with Crippen LogP contribution in [0.3, 0.4) is 0 Å². The predicted molar refractivity (Wildman–Crippen MR) is 97.8 cm³/mol. The Labute approximate surface area is 157 Å². The molecule has 1 aromatic heterocycles. The SMILES string of the molecule is COc1cc(C2N=C(N)Nc3nc4ccccc4n32)cc(Cl)c1OC(F)F. The van der Waals surface area contributed by atoms with Gasteiger partial charge < -0.3 is 15.2 Å². The number of rotatable bonds is 4. The molecule has 0 saturated heterocycles. The van der Waals surface area contributed by atoms with Crippen LogP contribution in [0.2, 0.25) is 5.02 Å². The van der Waals surface area contributed by atoms with Crippen molar-refractivity contribution in [2.75, 3.05) is 12.4 Å². The van der Waals surface area contributed by atoms with E-state index in [1.807, 2.05) is 28.8 Å². The van der Waals surface area contributed by atoms with E-state index in [2.05, 4.69) is 20.0 Å². The van der Waals surface area contributed by atoms with Crippen LogP contribution in [0.1, 0.15) is 11.7 Å². The molecule has 0 aliphatic carbocycles. The molecule has 0 bridgehead atoms. The van der Waals surface area contributed by atoms with E-state index in [-0.39, 0.29) is 22.5 Å². The van der Waals surface area contributed by atoms with Gasteiger partial charge in [0.25, 0.3) is 0 Å². The monoisotopic (exact) mass is 393 g/mol. The minimum absolute atomic E-state index is 0.0251. The minimum Gasteiger partial charge on any atom is -0.493 e. The zero-order valence-electron chi connectivity index (χ0n) is 14.0. The lowest BCUT2D eigenvalue weighted by molar-refractivity contribution is -0.0511. The van der Waals surface area contributed by atoms with Gasteiger partial charge in [0.2, 0.25) is 5.95 Å². The lowest BCUT2D eigenvalue weighted by Gasteiger charge is -2.24. The molecule has 3 N–H and O–H groups in total. The number of aliphatic imine (C=N–C) groups is 1. The first kappa shape index (κ1) is 17.3. The second-order valence-corrected chi connectivity index (χ2v) is 6.13. The molecule has 2 heterocycles. The molecule has 1 atom stereocenters. The maximum absolute atomic E-state index is 12.7. The Kier molecular flexibility index (Phi) is 4.23. The number of nitrogens with one attached hydrogen (secondary N) is 1. The van der Waals surface area contributed by atoms with Crippen LogP contribution in [-0.4, -0.2) is 29.2 Å². The topological polar surface area (TPSA) is 86.7 Å². The van der Waals surface area contributed by atoms with Gasteiger partial charge in [0, 0.05) is 5.56 Å². The number of aromatic nitrogens is 2. The summed E-state index contributed by atoms with van der Waals surface area (Å²) < 4.78 is 36.8. The molecular weight excluding hydrogens is 380 g/mol. The largest absolute Gasteiger partial charge is 0.493 e. The maximum Gasteiger partial charge on any atom is 0.387 e. The molecule has 3 aromatic rings. The van der Waals surface area contributed by atoms with Gasteiger partial charge in [-0.25, -0.2) is 9.98 Å². The van der Waals surface area contributed by atoms with Crippen LogP contribution < -0.4 is 20.5 Å². The van der Waals surface area contributed by atoms with Crippen molar-refractivity contribution in [3.8, 4) is 11.5 Å². The number of hydrogen-bond acceptors (Lipinski definition) is 6. The summed E-state index contributed by atoms with van der Waals surface area (Å²) in [5, 5.41) is 2.90. The van der Waals surface area contributed by atoms with Crippen LogP contribution in [-0.2, 0) is 0 Å². The Hall–Kier alpha value is -3.07. The first-order chi connectivity index (χ1) is 13.0. The van der Waals surface area contributed by atoms with Crippen molar-refractivity contribution in [3.05, 3.63) is 47.0 Å². The van der Waals surface area contributed by atoms with Crippen LogP contribution in [0.5, 0.6) is 11.5 Å². The maximum atomic E-state index is 12.7. The number of methoxy groups -OCH3 is 1. The van der Waals surface area contributed by atoms with Crippen LogP contribution >= 0.6 is 11.6 Å². The summed E-state index contributed by atoms with van der Waals surface area (Å²) in [5.74, 6) is 0.512. The van der Waals surface area contributed by atoms with E-state index in [9.17, 15) is 8.78 Å². The Balaban J connectivity index is 1.88. The van der Waals surface area contributed by atoms with Crippen LogP contribution in [0.15, 0.2) is 41.4 Å². The number of para-hydroxylation sites is 2. The first-order valence-corrected chi connectivity index (χ1v) is 8.25. The molecule has 7 nitrogen and oxygen atoms in total. The number of alkyl halides is 2. The van der Waals surface area contributed by atoms with Gasteiger partial charge in [0.1, 0.15) is 0 Å². The lowest BCUT2D eigenvalue weighted by atomic mass is 10.1. The van der Waals surface area contributed by atoms with Gasteiger partial charge in [-0.1, -0.05) is 23.7 Å². The van der Waals surface area contributed by atoms with E-state index < -0.39 is 12.8 Å². The summed E-state index contributed by atoms with van der Waals surface area (Å²) in [6.45, 7) is -3.03. The van der Waals surface area contributed by atoms with E-state index in [1.54, 1.807) is 0 Å². The molecule has 1 aliphatic heterocycles. The third-order valence-corrected chi connectivity index (χ3v) is 4.38. The molecule has 0 radical (unpaired) electrons. The summed E-state index contributed by atoms with van der Waals surface area (Å²) >= 11 is 6.17. The van der Waals surface area contributed by atoms with Crippen LogP contribution in [0.25, 0.3) is 11.0 Å². The quantitative estimate of drug-likeness (QED) is 0.707. The fourth-order valence-electron chi connectivity index (χ4n) is 3.03. The van der Waals surface area contributed by atoms with Crippen molar-refractivity contribution < 1.29 is 18.3 Å². The molecule has 0 amide bonds. The molecule has 0 spiro atoms. The molecule has 1 unspecified atom stereocenters. The number of nitrogens with two attached hydrogens (primary N) is 1. The van der Waals surface area contributed by atoms with E-state index in [0.29, 0.717) is 11.5 Å². The Morgan fingerprint density at radius 1 is 1.30 bits per heavy atom. The van der Waals surface area contributed by atoms with Gasteiger partial charge in [-0.05, 0) is 24.3 Å². The van der Waals surface area contributed by atoms with Crippen molar-refractivity contribution in [3.63, 3.8) is 0 Å². The molecular formula is C17H14ClF2N5O2. The van der Waals surface area contributed by atoms with Gasteiger partial charge in [0.15, 0.2) is 23.6 Å². The smallest absolute Gasteiger partial charge is 0.387 e. The van der Waals surface area contributed by atoms with Crippen LogP contribution in [0.4, 0.5) is 14.7 Å². The van der Waals surface area contributed by atoms with E-state index in [0.717, 1.165) is 11.0 Å². The number of guanidine groups is 1. The summed E-state index contributed by atoms with van der Waals surface area (Å²) in [7, 11) is 1.34. The van der Waals surface area contributed by atoms with Gasteiger partial charge in [0.05, 0.1) is 23.2 Å². The van der Waals surface area contributed by atoms with Gasteiger partial charge in [-0.3, -0.25) is 9.88 Å². The van der Waals surface area contributed by atoms with Crippen molar-refractivity contribution in [1.82, 2.24) is 9.55 Å². The third kappa shape index (κ3) is 2.99. The molecule has 0 saturated carbocycles. The lowest BCUT2D eigenvalue weighted by Crippen LogP contribution is -2.31. The molecule has 4 rings (SSSR count). The summed E-state index contributed by atoms with van der Waals surface area (Å²) in [6.07, 6.45) is -0.611.